The SMILES string of the molecule is COc1ccccc1/C(C)=C\C(=O)N1CCC2(CC1)NC(=O)NC2=O. The Hall–Kier alpha value is -2.83. The lowest BCUT2D eigenvalue weighted by Gasteiger charge is -2.36. The van der Waals surface area contributed by atoms with Gasteiger partial charge in [0.15, 0.2) is 0 Å². The second-order valence-electron chi connectivity index (χ2n) is 6.34. The average molecular weight is 343 g/mol. The lowest BCUT2D eigenvalue weighted by atomic mass is 9.87. The fraction of sp³-hybridized carbons (Fsp3) is 0.389. The molecule has 7 nitrogen and oxygen atoms in total. The summed E-state index contributed by atoms with van der Waals surface area (Å²) in [6, 6.07) is 7.07. The highest BCUT2D eigenvalue weighted by Gasteiger charge is 2.48. The van der Waals surface area contributed by atoms with Gasteiger partial charge >= 0.3 is 6.03 Å². The van der Waals surface area contributed by atoms with E-state index >= 15 is 0 Å². The summed E-state index contributed by atoms with van der Waals surface area (Å²) in [5, 5.41) is 4.96. The number of amides is 4. The first kappa shape index (κ1) is 17.0. The van der Waals surface area contributed by atoms with Crippen LogP contribution in [-0.4, -0.2) is 48.5 Å². The first-order valence-electron chi connectivity index (χ1n) is 8.19. The Balaban J connectivity index is 1.69. The van der Waals surface area contributed by atoms with Crippen LogP contribution < -0.4 is 15.4 Å². The number of benzene rings is 1. The molecule has 2 aliphatic rings. The fourth-order valence-electron chi connectivity index (χ4n) is 3.31. The number of carbonyl (C=O) groups is 3. The number of ether oxygens (including phenoxy) is 1. The summed E-state index contributed by atoms with van der Waals surface area (Å²) in [6.07, 6.45) is 2.42. The Morgan fingerprint density at radius 2 is 1.92 bits per heavy atom. The average Bonchev–Trinajstić information content (AvgIpc) is 2.88. The molecule has 0 aliphatic carbocycles. The number of likely N-dealkylation sites (tertiary alicyclic amines) is 1. The number of para-hydroxylation sites is 1. The molecule has 0 bridgehead atoms. The largest absolute Gasteiger partial charge is 0.496 e. The zero-order valence-electron chi connectivity index (χ0n) is 14.3. The lowest BCUT2D eigenvalue weighted by Crippen LogP contribution is -2.55. The van der Waals surface area contributed by atoms with Gasteiger partial charge in [0, 0.05) is 24.7 Å². The molecule has 2 aliphatic heterocycles. The molecule has 132 valence electrons. The third kappa shape index (κ3) is 3.22. The van der Waals surface area contributed by atoms with Gasteiger partial charge in [-0.25, -0.2) is 4.79 Å². The summed E-state index contributed by atoms with van der Waals surface area (Å²) in [4.78, 5) is 37.6. The van der Waals surface area contributed by atoms with Gasteiger partial charge in [-0.1, -0.05) is 18.2 Å². The van der Waals surface area contributed by atoms with Crippen LogP contribution in [0.3, 0.4) is 0 Å². The fourth-order valence-corrected chi connectivity index (χ4v) is 3.31. The van der Waals surface area contributed by atoms with E-state index in [1.54, 1.807) is 18.1 Å². The van der Waals surface area contributed by atoms with Gasteiger partial charge < -0.3 is 15.0 Å². The second-order valence-corrected chi connectivity index (χ2v) is 6.34. The van der Waals surface area contributed by atoms with Gasteiger partial charge in [-0.15, -0.1) is 0 Å². The van der Waals surface area contributed by atoms with Crippen LogP contribution in [0.4, 0.5) is 4.79 Å². The number of imide groups is 1. The van der Waals surface area contributed by atoms with Crippen LogP contribution >= 0.6 is 0 Å². The van der Waals surface area contributed by atoms with Crippen LogP contribution in [0.15, 0.2) is 30.3 Å². The Labute approximate surface area is 146 Å². The molecule has 0 unspecified atom stereocenters. The summed E-state index contributed by atoms with van der Waals surface area (Å²) in [5.74, 6) is 0.306. The van der Waals surface area contributed by atoms with Gasteiger partial charge in [-0.3, -0.25) is 14.9 Å². The smallest absolute Gasteiger partial charge is 0.322 e. The molecule has 2 saturated heterocycles. The highest BCUT2D eigenvalue weighted by atomic mass is 16.5. The van der Waals surface area contributed by atoms with Gasteiger partial charge in [0.2, 0.25) is 5.91 Å². The van der Waals surface area contributed by atoms with Crippen molar-refractivity contribution in [3.63, 3.8) is 0 Å². The van der Waals surface area contributed by atoms with Gasteiger partial charge in [0.1, 0.15) is 11.3 Å². The Kier molecular flexibility index (Phi) is 4.48. The number of nitrogens with zero attached hydrogens (tertiary/aromatic N) is 1. The van der Waals surface area contributed by atoms with E-state index in [4.69, 9.17) is 4.74 Å². The van der Waals surface area contributed by atoms with Crippen molar-refractivity contribution >= 4 is 23.4 Å². The lowest BCUT2D eigenvalue weighted by molar-refractivity contribution is -0.132. The number of hydrogen-bond acceptors (Lipinski definition) is 4. The number of rotatable bonds is 3. The van der Waals surface area contributed by atoms with E-state index in [-0.39, 0.29) is 11.8 Å². The van der Waals surface area contributed by atoms with E-state index in [1.165, 1.54) is 0 Å². The van der Waals surface area contributed by atoms with Gasteiger partial charge in [0.05, 0.1) is 7.11 Å². The molecule has 1 aromatic carbocycles. The zero-order chi connectivity index (χ0) is 18.0. The van der Waals surface area contributed by atoms with E-state index < -0.39 is 11.6 Å². The van der Waals surface area contributed by atoms with Crippen molar-refractivity contribution in [2.24, 2.45) is 0 Å². The maximum Gasteiger partial charge on any atom is 0.322 e. The number of methoxy groups -OCH3 is 1. The molecule has 2 fully saturated rings. The highest BCUT2D eigenvalue weighted by Crippen LogP contribution is 2.28. The first-order valence-corrected chi connectivity index (χ1v) is 8.19. The monoisotopic (exact) mass is 343 g/mol. The Bertz CT molecular complexity index is 748. The van der Waals surface area contributed by atoms with Gasteiger partial charge in [-0.05, 0) is 31.4 Å². The van der Waals surface area contributed by atoms with Crippen molar-refractivity contribution in [1.29, 1.82) is 0 Å². The molecule has 1 aromatic rings. The summed E-state index contributed by atoms with van der Waals surface area (Å²) < 4.78 is 5.33. The van der Waals surface area contributed by atoms with Crippen LogP contribution in [0.2, 0.25) is 0 Å². The van der Waals surface area contributed by atoms with Crippen LogP contribution in [0.25, 0.3) is 5.57 Å². The molecule has 25 heavy (non-hydrogen) atoms. The van der Waals surface area contributed by atoms with E-state index in [0.717, 1.165) is 11.1 Å². The third-order valence-corrected chi connectivity index (χ3v) is 4.81. The van der Waals surface area contributed by atoms with Crippen LogP contribution in [0, 0.1) is 0 Å². The standard InChI is InChI=1S/C18H21N3O4/c1-12(13-5-3-4-6-14(13)25-2)11-15(22)21-9-7-18(8-10-21)16(23)19-17(24)20-18/h3-6,11H,7-10H2,1-2H3,(H2,19,20,23,24)/b12-11-. The topological polar surface area (TPSA) is 87.7 Å². The van der Waals surface area contributed by atoms with Crippen LogP contribution in [0.5, 0.6) is 5.75 Å². The molecule has 2 heterocycles. The molecule has 0 saturated carbocycles. The molecule has 0 atom stereocenters. The zero-order valence-corrected chi connectivity index (χ0v) is 14.3. The third-order valence-electron chi connectivity index (χ3n) is 4.81. The first-order chi connectivity index (χ1) is 11.9. The van der Waals surface area contributed by atoms with Crippen molar-refractivity contribution in [1.82, 2.24) is 15.5 Å². The summed E-state index contributed by atoms with van der Waals surface area (Å²) >= 11 is 0. The molecule has 0 radical (unpaired) electrons. The quantitative estimate of drug-likeness (QED) is 0.640. The molecule has 4 amide bonds. The minimum atomic E-state index is -0.866. The number of urea groups is 1. The van der Waals surface area contributed by atoms with E-state index in [9.17, 15) is 14.4 Å². The van der Waals surface area contributed by atoms with Crippen LogP contribution in [-0.2, 0) is 9.59 Å². The minimum Gasteiger partial charge on any atom is -0.496 e. The van der Waals surface area contributed by atoms with Gasteiger partial charge in [-0.2, -0.15) is 0 Å². The predicted octanol–water partition coefficient (Wildman–Crippen LogP) is 1.30. The highest BCUT2D eigenvalue weighted by molar-refractivity contribution is 6.07. The van der Waals surface area contributed by atoms with E-state index in [1.807, 2.05) is 31.2 Å². The molecule has 1 spiro atoms. The maximum atomic E-state index is 12.6. The second kappa shape index (κ2) is 6.58. The molecular weight excluding hydrogens is 322 g/mol. The van der Waals surface area contributed by atoms with Crippen molar-refractivity contribution < 1.29 is 19.1 Å². The van der Waals surface area contributed by atoms with E-state index in [2.05, 4.69) is 10.6 Å². The number of hydrogen-bond donors (Lipinski definition) is 2. The number of piperidine rings is 1. The molecule has 3 rings (SSSR count). The normalized spacial score (nSPS) is 19.6. The number of nitrogens with one attached hydrogen (secondary N) is 2. The molecule has 7 heteroatoms. The molecule has 2 N–H and O–H groups in total. The van der Waals surface area contributed by atoms with E-state index in [0.29, 0.717) is 31.7 Å². The van der Waals surface area contributed by atoms with Crippen molar-refractivity contribution in [2.45, 2.75) is 25.3 Å². The van der Waals surface area contributed by atoms with Crippen LogP contribution in [0.1, 0.15) is 25.3 Å². The predicted molar refractivity (Wildman–Crippen MR) is 91.9 cm³/mol. The number of allylic oxidation sites excluding steroid dienone is 1. The Morgan fingerprint density at radius 3 is 2.52 bits per heavy atom. The number of carbonyl (C=O) groups excluding carboxylic acids is 3. The summed E-state index contributed by atoms with van der Waals surface area (Å²) in [5.41, 5.74) is 0.818. The van der Waals surface area contributed by atoms with Crippen molar-refractivity contribution in [3.05, 3.63) is 35.9 Å². The molecule has 0 aromatic heterocycles. The molecular formula is C18H21N3O4. The minimum absolute atomic E-state index is 0.108. The summed E-state index contributed by atoms with van der Waals surface area (Å²) in [7, 11) is 1.60. The van der Waals surface area contributed by atoms with Crippen molar-refractivity contribution in [3.8, 4) is 5.75 Å². The summed E-state index contributed by atoms with van der Waals surface area (Å²) in [6.45, 7) is 2.70. The Morgan fingerprint density at radius 1 is 1.24 bits per heavy atom. The maximum absolute atomic E-state index is 12.6. The van der Waals surface area contributed by atoms with Gasteiger partial charge in [0.25, 0.3) is 5.91 Å². The van der Waals surface area contributed by atoms with Crippen molar-refractivity contribution in [2.75, 3.05) is 20.2 Å².